The van der Waals surface area contributed by atoms with E-state index < -0.39 is 12.3 Å². The maximum absolute atomic E-state index is 13.5. The normalized spacial score (nSPS) is 18.4. The molecular formula is C31H36F2N6O3S. The first-order chi connectivity index (χ1) is 20.5. The number of fused-ring (bicyclic) bond motifs is 1. The van der Waals surface area contributed by atoms with Gasteiger partial charge in [0.15, 0.2) is 0 Å². The van der Waals surface area contributed by atoms with E-state index >= 15 is 0 Å². The molecule has 1 atom stereocenters. The molecule has 2 fully saturated rings. The van der Waals surface area contributed by atoms with E-state index in [4.69, 9.17) is 9.72 Å². The van der Waals surface area contributed by atoms with E-state index in [9.17, 15) is 23.6 Å². The number of rotatable bonds is 8. The molecule has 0 saturated carbocycles. The first-order valence-electron chi connectivity index (χ1n) is 14.4. The van der Waals surface area contributed by atoms with Gasteiger partial charge in [-0.1, -0.05) is 32.9 Å². The zero-order valence-corrected chi connectivity index (χ0v) is 25.4. The van der Waals surface area contributed by atoms with Gasteiger partial charge in [0.05, 0.1) is 40.0 Å². The molecule has 0 radical (unpaired) electrons. The maximum Gasteiger partial charge on any atom is 0.272 e. The van der Waals surface area contributed by atoms with Crippen molar-refractivity contribution in [2.75, 3.05) is 38.2 Å². The summed E-state index contributed by atoms with van der Waals surface area (Å²) >= 11 is 0.746. The number of nitrogens with one attached hydrogen (secondary N) is 1. The van der Waals surface area contributed by atoms with Gasteiger partial charge in [-0.15, -0.1) is 11.3 Å². The number of alkyl halides is 2. The number of anilines is 1. The monoisotopic (exact) mass is 610 g/mol. The number of nitriles is 1. The molecule has 1 N–H and O–H groups in total. The summed E-state index contributed by atoms with van der Waals surface area (Å²) in [5.74, 6) is -0.553. The number of thiophene rings is 1. The van der Waals surface area contributed by atoms with Crippen molar-refractivity contribution < 1.29 is 23.1 Å². The van der Waals surface area contributed by atoms with Crippen molar-refractivity contribution in [2.24, 2.45) is 5.41 Å². The molecule has 9 nitrogen and oxygen atoms in total. The second kappa shape index (κ2) is 12.9. The first kappa shape index (κ1) is 30.8. The third-order valence-corrected chi connectivity index (χ3v) is 8.66. The van der Waals surface area contributed by atoms with Gasteiger partial charge >= 0.3 is 0 Å². The number of carbonyl (C=O) groups excluding carboxylic acids is 2. The number of carbonyl (C=O) groups is 2. The zero-order chi connectivity index (χ0) is 30.7. The minimum atomic E-state index is -2.66. The fourth-order valence-electron chi connectivity index (χ4n) is 5.56. The van der Waals surface area contributed by atoms with Crippen LogP contribution in [-0.2, 0) is 22.6 Å². The molecule has 2 aliphatic rings. The number of halogens is 2. The number of amides is 2. The Morgan fingerprint density at radius 3 is 2.65 bits per heavy atom. The van der Waals surface area contributed by atoms with Gasteiger partial charge in [0.2, 0.25) is 5.95 Å². The van der Waals surface area contributed by atoms with E-state index in [0.29, 0.717) is 31.8 Å². The summed E-state index contributed by atoms with van der Waals surface area (Å²) < 4.78 is 33.7. The fraction of sp³-hybridized carbons (Fsp3) is 0.484. The molecule has 43 heavy (non-hydrogen) atoms. The van der Waals surface area contributed by atoms with Crippen LogP contribution in [0.3, 0.4) is 0 Å². The van der Waals surface area contributed by atoms with Gasteiger partial charge in [0.1, 0.15) is 11.6 Å². The Bertz CT molecular complexity index is 1560. The number of hydrogen-bond acceptors (Lipinski definition) is 7. The number of ether oxygens (including phenoxy) is 1. The molecule has 0 bridgehead atoms. The van der Waals surface area contributed by atoms with Crippen molar-refractivity contribution in [3.05, 3.63) is 57.3 Å². The van der Waals surface area contributed by atoms with E-state index in [0.717, 1.165) is 54.9 Å². The highest BCUT2D eigenvalue weighted by Gasteiger charge is 2.33. The zero-order valence-electron chi connectivity index (χ0n) is 24.6. The third kappa shape index (κ3) is 7.29. The topological polar surface area (TPSA) is 103 Å². The average Bonchev–Trinajstić information content (AvgIpc) is 3.71. The van der Waals surface area contributed by atoms with Crippen LogP contribution < -0.4 is 5.32 Å². The molecule has 1 aromatic carbocycles. The fourth-order valence-corrected chi connectivity index (χ4v) is 6.32. The summed E-state index contributed by atoms with van der Waals surface area (Å²) in [6.07, 6.45) is 0.560. The van der Waals surface area contributed by atoms with Gasteiger partial charge in [-0.25, -0.2) is 13.8 Å². The molecule has 2 amide bonds. The number of hydrogen-bond donors (Lipinski definition) is 1. The molecule has 0 aliphatic carbocycles. The number of imidazole rings is 1. The van der Waals surface area contributed by atoms with Crippen molar-refractivity contribution in [3.63, 3.8) is 0 Å². The van der Waals surface area contributed by atoms with Crippen molar-refractivity contribution in [3.8, 4) is 6.07 Å². The molecule has 0 spiro atoms. The molecule has 2 aromatic heterocycles. The molecule has 3 aromatic rings. The highest BCUT2D eigenvalue weighted by Crippen LogP contribution is 2.30. The summed E-state index contributed by atoms with van der Waals surface area (Å²) in [5, 5.41) is 12.6. The van der Waals surface area contributed by atoms with Crippen LogP contribution in [0.5, 0.6) is 0 Å². The number of benzene rings is 1. The molecule has 0 unspecified atom stereocenters. The second-order valence-corrected chi connectivity index (χ2v) is 13.2. The molecule has 2 saturated heterocycles. The van der Waals surface area contributed by atoms with Gasteiger partial charge in [0.25, 0.3) is 18.2 Å². The summed E-state index contributed by atoms with van der Waals surface area (Å²) in [6, 6.07) is 10.5. The van der Waals surface area contributed by atoms with Crippen LogP contribution in [0.25, 0.3) is 11.0 Å². The van der Waals surface area contributed by atoms with Crippen LogP contribution >= 0.6 is 11.3 Å². The number of aromatic nitrogens is 2. The lowest BCUT2D eigenvalue weighted by atomic mass is 9.93. The van der Waals surface area contributed by atoms with Crippen LogP contribution in [0.1, 0.15) is 60.2 Å². The standard InChI is InChI=1S/C31H36F2N6O3S/c1-31(2,3)16-21(17-34)29(41)38-10-4-5-22(38)19-39-24-7-6-20(18-37-11-13-42-14-12-37)15-23(24)35-30(39)36-28(40)26-9-8-25(43-26)27(32)33/h6-9,15-16,22,27H,4-5,10-14,18-19H2,1-3H3,(H,35,36,40)/t22-/m1/s1. The minimum absolute atomic E-state index is 0.115. The summed E-state index contributed by atoms with van der Waals surface area (Å²) in [4.78, 5) is 35.4. The van der Waals surface area contributed by atoms with Crippen LogP contribution in [0.4, 0.5) is 14.7 Å². The molecular weight excluding hydrogens is 574 g/mol. The number of nitrogens with zero attached hydrogens (tertiary/aromatic N) is 5. The van der Waals surface area contributed by atoms with Gasteiger partial charge in [-0.05, 0) is 48.1 Å². The molecule has 4 heterocycles. The van der Waals surface area contributed by atoms with E-state index in [1.54, 1.807) is 11.0 Å². The summed E-state index contributed by atoms with van der Waals surface area (Å²) in [7, 11) is 0. The molecule has 12 heteroatoms. The van der Waals surface area contributed by atoms with E-state index in [2.05, 4.69) is 16.3 Å². The minimum Gasteiger partial charge on any atom is -0.379 e. The Labute approximate surface area is 253 Å². The Morgan fingerprint density at radius 2 is 1.98 bits per heavy atom. The first-order valence-corrected chi connectivity index (χ1v) is 15.3. The lowest BCUT2D eigenvalue weighted by Gasteiger charge is -2.27. The van der Waals surface area contributed by atoms with Crippen LogP contribution in [0.2, 0.25) is 0 Å². The highest BCUT2D eigenvalue weighted by molar-refractivity contribution is 7.14. The Morgan fingerprint density at radius 1 is 1.21 bits per heavy atom. The Balaban J connectivity index is 1.46. The maximum atomic E-state index is 13.5. The van der Waals surface area contributed by atoms with E-state index in [1.807, 2.05) is 43.5 Å². The number of likely N-dealkylation sites (tertiary alicyclic amines) is 1. The van der Waals surface area contributed by atoms with Gasteiger partial charge in [-0.3, -0.25) is 19.8 Å². The summed E-state index contributed by atoms with van der Waals surface area (Å²) in [6.45, 7) is 10.5. The lowest BCUT2D eigenvalue weighted by Crippen LogP contribution is -2.39. The Hall–Kier alpha value is -3.66. The van der Waals surface area contributed by atoms with Crippen molar-refractivity contribution in [1.82, 2.24) is 19.4 Å². The van der Waals surface area contributed by atoms with Crippen molar-refractivity contribution in [2.45, 2.75) is 59.2 Å². The lowest BCUT2D eigenvalue weighted by molar-refractivity contribution is -0.127. The Kier molecular flexibility index (Phi) is 9.25. The van der Waals surface area contributed by atoms with Gasteiger partial charge in [-0.2, -0.15) is 5.26 Å². The smallest absolute Gasteiger partial charge is 0.272 e. The van der Waals surface area contributed by atoms with Crippen molar-refractivity contribution >= 4 is 40.1 Å². The number of allylic oxidation sites excluding steroid dienone is 1. The third-order valence-electron chi connectivity index (χ3n) is 7.57. The summed E-state index contributed by atoms with van der Waals surface area (Å²) in [5.41, 5.74) is 2.31. The molecule has 228 valence electrons. The largest absolute Gasteiger partial charge is 0.379 e. The van der Waals surface area contributed by atoms with E-state index in [-0.39, 0.29) is 38.6 Å². The van der Waals surface area contributed by atoms with Crippen molar-refractivity contribution in [1.29, 1.82) is 5.26 Å². The highest BCUT2D eigenvalue weighted by atomic mass is 32.1. The molecule has 5 rings (SSSR count). The average molecular weight is 611 g/mol. The SMILES string of the molecule is CC(C)(C)C=C(C#N)C(=O)N1CCC[C@@H]1Cn1c(NC(=O)c2ccc(C(F)F)s2)nc2cc(CN3CCOCC3)ccc21. The van der Waals surface area contributed by atoms with Gasteiger partial charge in [0, 0.05) is 32.7 Å². The van der Waals surface area contributed by atoms with Gasteiger partial charge < -0.3 is 14.2 Å². The predicted octanol–water partition coefficient (Wildman–Crippen LogP) is 5.61. The quantitative estimate of drug-likeness (QED) is 0.263. The number of morpholine rings is 1. The second-order valence-electron chi connectivity index (χ2n) is 12.0. The molecule has 2 aliphatic heterocycles. The predicted molar refractivity (Wildman–Crippen MR) is 161 cm³/mol. The van der Waals surface area contributed by atoms with Crippen LogP contribution in [-0.4, -0.2) is 70.1 Å². The van der Waals surface area contributed by atoms with Crippen LogP contribution in [0.15, 0.2) is 42.0 Å². The van der Waals surface area contributed by atoms with Crippen LogP contribution in [0, 0.1) is 16.7 Å². The van der Waals surface area contributed by atoms with E-state index in [1.165, 1.54) is 12.1 Å².